The lowest BCUT2D eigenvalue weighted by Crippen LogP contribution is -1.99. The molecule has 0 aliphatic carbocycles. The largest absolute Gasteiger partial charge is 0.493 e. The number of aromatic nitrogens is 1. The smallest absolute Gasteiger partial charge is 0.318 e. The normalized spacial score (nSPS) is 10.6. The van der Waals surface area contributed by atoms with Crippen LogP contribution >= 0.6 is 0 Å². The number of benzene rings is 2. The van der Waals surface area contributed by atoms with Crippen molar-refractivity contribution >= 4 is 29.1 Å². The lowest BCUT2D eigenvalue weighted by atomic mass is 10.2. The van der Waals surface area contributed by atoms with E-state index in [1.54, 1.807) is 6.07 Å². The van der Waals surface area contributed by atoms with Gasteiger partial charge in [0.1, 0.15) is 0 Å². The number of ether oxygens (including phenoxy) is 2. The van der Waals surface area contributed by atoms with Crippen molar-refractivity contribution in [3.05, 3.63) is 90.6 Å². The third-order valence-corrected chi connectivity index (χ3v) is 4.12. The summed E-state index contributed by atoms with van der Waals surface area (Å²) in [5.74, 6) is 0.0425. The Balaban J connectivity index is 1.82. The third kappa shape index (κ3) is 5.32. The first kappa shape index (κ1) is 22.5. The zero-order chi connectivity index (χ0) is 24.0. The van der Waals surface area contributed by atoms with Crippen LogP contribution < -0.4 is 14.9 Å². The predicted octanol–water partition coefficient (Wildman–Crippen LogP) is 4.05. The van der Waals surface area contributed by atoms with Crippen molar-refractivity contribution in [2.24, 2.45) is 5.10 Å². The lowest BCUT2D eigenvalue weighted by Gasteiger charge is -2.11. The Kier molecular flexibility index (Phi) is 6.68. The first-order valence-corrected chi connectivity index (χ1v) is 8.97. The van der Waals surface area contributed by atoms with E-state index in [-0.39, 0.29) is 28.8 Å². The van der Waals surface area contributed by atoms with Crippen LogP contribution in [0, 0.1) is 30.3 Å². The molecule has 1 aromatic heterocycles. The fourth-order valence-electron chi connectivity index (χ4n) is 2.61. The molecule has 0 amide bonds. The van der Waals surface area contributed by atoms with E-state index in [9.17, 15) is 30.3 Å². The summed E-state index contributed by atoms with van der Waals surface area (Å²) in [7, 11) is 1.35. The summed E-state index contributed by atoms with van der Waals surface area (Å²) in [6.45, 7) is 0. The molecule has 1 heterocycles. The molecule has 168 valence electrons. The summed E-state index contributed by atoms with van der Waals surface area (Å²) in [6.07, 6.45) is 2.72. The van der Waals surface area contributed by atoms with Gasteiger partial charge in [-0.1, -0.05) is 0 Å². The number of rotatable bonds is 9. The van der Waals surface area contributed by atoms with Gasteiger partial charge in [0.25, 0.3) is 5.69 Å². The maximum absolute atomic E-state index is 11.3. The monoisotopic (exact) mass is 454 g/mol. The van der Waals surface area contributed by atoms with Crippen molar-refractivity contribution in [2.75, 3.05) is 12.5 Å². The number of anilines is 1. The molecule has 1 N–H and O–H groups in total. The van der Waals surface area contributed by atoms with Gasteiger partial charge in [0, 0.05) is 18.3 Å². The molecule has 3 aromatic rings. The van der Waals surface area contributed by atoms with E-state index in [0.717, 1.165) is 18.2 Å². The Bertz CT molecular complexity index is 1260. The summed E-state index contributed by atoms with van der Waals surface area (Å²) < 4.78 is 10.8. The molecule has 0 saturated heterocycles. The van der Waals surface area contributed by atoms with Gasteiger partial charge in [-0.05, 0) is 35.9 Å². The van der Waals surface area contributed by atoms with Crippen molar-refractivity contribution in [1.29, 1.82) is 0 Å². The molecule has 0 unspecified atom stereocenters. The van der Waals surface area contributed by atoms with Gasteiger partial charge in [0.2, 0.25) is 11.6 Å². The molecule has 0 fully saturated rings. The summed E-state index contributed by atoms with van der Waals surface area (Å²) in [6, 6.07) is 10.2. The SMILES string of the molecule is COc1cc(/C=N\Nc2ncccc2[N+](=O)[O-])ccc1Oc1ccc([N+](=O)[O-])cc1[N+](=O)[O-]. The molecule has 33 heavy (non-hydrogen) atoms. The predicted molar refractivity (Wildman–Crippen MR) is 115 cm³/mol. The second-order valence-corrected chi connectivity index (χ2v) is 6.18. The van der Waals surface area contributed by atoms with Gasteiger partial charge in [-0.25, -0.2) is 4.98 Å². The van der Waals surface area contributed by atoms with Gasteiger partial charge in [-0.2, -0.15) is 5.10 Å². The Morgan fingerprint density at radius 2 is 1.64 bits per heavy atom. The van der Waals surface area contributed by atoms with E-state index < -0.39 is 26.1 Å². The first-order chi connectivity index (χ1) is 15.8. The Labute approximate surface area is 184 Å². The van der Waals surface area contributed by atoms with Crippen LogP contribution in [0.15, 0.2) is 59.8 Å². The topological polar surface area (TPSA) is 185 Å². The number of nitrogens with one attached hydrogen (secondary N) is 1. The molecule has 0 radical (unpaired) electrons. The molecule has 0 aliphatic heterocycles. The second kappa shape index (κ2) is 9.78. The highest BCUT2D eigenvalue weighted by Gasteiger charge is 2.22. The zero-order valence-electron chi connectivity index (χ0n) is 16.8. The standard InChI is InChI=1S/C19H14N6O8/c1-32-18-9-12(11-21-22-19-14(24(28)29)3-2-8-20-19)4-6-17(18)33-16-7-5-13(23(26)27)10-15(16)25(30)31/h2-11H,1H3,(H,20,22)/b21-11-. The van der Waals surface area contributed by atoms with E-state index in [1.807, 2.05) is 0 Å². The Hall–Kier alpha value is -5.14. The third-order valence-electron chi connectivity index (χ3n) is 4.12. The number of nitro groups is 3. The maximum atomic E-state index is 11.3. The molecule has 0 aliphatic rings. The number of non-ortho nitro benzene ring substituents is 1. The molecule has 0 spiro atoms. The maximum Gasteiger partial charge on any atom is 0.318 e. The fraction of sp³-hybridized carbons (Fsp3) is 0.0526. The summed E-state index contributed by atoms with van der Waals surface area (Å²) in [5.41, 5.74) is 1.70. The van der Waals surface area contributed by atoms with E-state index in [0.29, 0.717) is 5.56 Å². The summed E-state index contributed by atoms with van der Waals surface area (Å²) in [4.78, 5) is 34.9. The van der Waals surface area contributed by atoms with E-state index in [4.69, 9.17) is 9.47 Å². The number of hydrogen-bond donors (Lipinski definition) is 1. The zero-order valence-corrected chi connectivity index (χ0v) is 16.8. The molecule has 0 saturated carbocycles. The lowest BCUT2D eigenvalue weighted by molar-refractivity contribution is -0.394. The van der Waals surface area contributed by atoms with Crippen molar-refractivity contribution in [3.63, 3.8) is 0 Å². The summed E-state index contributed by atoms with van der Waals surface area (Å²) >= 11 is 0. The highest BCUT2D eigenvalue weighted by Crippen LogP contribution is 2.38. The van der Waals surface area contributed by atoms with Crippen LogP contribution in [0.4, 0.5) is 22.9 Å². The van der Waals surface area contributed by atoms with Gasteiger partial charge in [0.15, 0.2) is 11.5 Å². The Morgan fingerprint density at radius 3 is 2.30 bits per heavy atom. The number of nitro benzene ring substituents is 2. The number of nitrogens with zero attached hydrogens (tertiary/aromatic N) is 5. The summed E-state index contributed by atoms with van der Waals surface area (Å²) in [5, 5.41) is 37.1. The van der Waals surface area contributed by atoms with Gasteiger partial charge in [0.05, 0.1) is 34.2 Å². The number of hydrogen-bond acceptors (Lipinski definition) is 11. The van der Waals surface area contributed by atoms with E-state index in [1.165, 1.54) is 43.8 Å². The molecule has 0 atom stereocenters. The van der Waals surface area contributed by atoms with Gasteiger partial charge in [-0.3, -0.25) is 35.8 Å². The first-order valence-electron chi connectivity index (χ1n) is 8.97. The van der Waals surface area contributed by atoms with Gasteiger partial charge >= 0.3 is 11.4 Å². The van der Waals surface area contributed by atoms with Crippen LogP contribution in [0.25, 0.3) is 0 Å². The minimum atomic E-state index is -0.793. The van der Waals surface area contributed by atoms with Crippen LogP contribution in [0.2, 0.25) is 0 Å². The highest BCUT2D eigenvalue weighted by molar-refractivity contribution is 5.81. The number of hydrazone groups is 1. The van der Waals surface area contributed by atoms with E-state index in [2.05, 4.69) is 15.5 Å². The van der Waals surface area contributed by atoms with E-state index >= 15 is 0 Å². The van der Waals surface area contributed by atoms with Crippen LogP contribution in [0.1, 0.15) is 5.56 Å². The van der Waals surface area contributed by atoms with Crippen LogP contribution in [0.5, 0.6) is 17.2 Å². The molecule has 3 rings (SSSR count). The molecule has 0 bridgehead atoms. The minimum Gasteiger partial charge on any atom is -0.493 e. The van der Waals surface area contributed by atoms with Crippen molar-refractivity contribution in [3.8, 4) is 17.2 Å². The van der Waals surface area contributed by atoms with Gasteiger partial charge < -0.3 is 9.47 Å². The number of pyridine rings is 1. The van der Waals surface area contributed by atoms with Crippen molar-refractivity contribution in [1.82, 2.24) is 4.98 Å². The fourth-order valence-corrected chi connectivity index (χ4v) is 2.61. The second-order valence-electron chi connectivity index (χ2n) is 6.18. The van der Waals surface area contributed by atoms with Crippen LogP contribution in [0.3, 0.4) is 0 Å². The van der Waals surface area contributed by atoms with Crippen molar-refractivity contribution in [2.45, 2.75) is 0 Å². The van der Waals surface area contributed by atoms with Crippen LogP contribution in [-0.2, 0) is 0 Å². The van der Waals surface area contributed by atoms with Crippen LogP contribution in [-0.4, -0.2) is 33.1 Å². The molecule has 2 aromatic carbocycles. The highest BCUT2D eigenvalue weighted by atomic mass is 16.6. The minimum absolute atomic E-state index is 0.0452. The molecular weight excluding hydrogens is 440 g/mol. The average Bonchev–Trinajstić information content (AvgIpc) is 2.80. The average molecular weight is 454 g/mol. The molecular formula is C19H14N6O8. The van der Waals surface area contributed by atoms with Crippen molar-refractivity contribution < 1.29 is 24.2 Å². The Morgan fingerprint density at radius 1 is 0.909 bits per heavy atom. The van der Waals surface area contributed by atoms with Gasteiger partial charge in [-0.15, -0.1) is 0 Å². The molecule has 14 nitrogen and oxygen atoms in total. The number of methoxy groups -OCH3 is 1. The quantitative estimate of drug-likeness (QED) is 0.281. The molecule has 14 heteroatoms.